The molecule has 0 aromatic rings. The summed E-state index contributed by atoms with van der Waals surface area (Å²) >= 11 is 0. The molecule has 88 valence electrons. The van der Waals surface area contributed by atoms with E-state index in [9.17, 15) is 4.79 Å². The Morgan fingerprint density at radius 1 is 1.47 bits per heavy atom. The number of carboxylic acid groups (broad SMARTS) is 1. The van der Waals surface area contributed by atoms with E-state index in [1.807, 2.05) is 0 Å². The van der Waals surface area contributed by atoms with E-state index in [2.05, 4.69) is 4.90 Å². The first-order chi connectivity index (χ1) is 7.24. The lowest BCUT2D eigenvalue weighted by Gasteiger charge is -2.30. The third kappa shape index (κ3) is 4.59. The first kappa shape index (κ1) is 12.4. The lowest BCUT2D eigenvalue weighted by Crippen LogP contribution is -2.40. The molecule has 0 aliphatic carbocycles. The second-order valence-electron chi connectivity index (χ2n) is 3.81. The largest absolute Gasteiger partial charge is 0.481 e. The smallest absolute Gasteiger partial charge is 0.307 e. The molecule has 1 heterocycles. The molecule has 0 bridgehead atoms. The van der Waals surface area contributed by atoms with E-state index in [0.29, 0.717) is 19.8 Å². The fourth-order valence-electron chi connectivity index (χ4n) is 1.82. The SMILES string of the molecule is O=C(O)C1CCCN(CCOCCO)C1. The lowest BCUT2D eigenvalue weighted by molar-refractivity contribution is -0.143. The van der Waals surface area contributed by atoms with Crippen molar-refractivity contribution in [3.05, 3.63) is 0 Å². The number of nitrogens with zero attached hydrogens (tertiary/aromatic N) is 1. The van der Waals surface area contributed by atoms with Crippen LogP contribution in [-0.2, 0) is 9.53 Å². The van der Waals surface area contributed by atoms with Crippen molar-refractivity contribution in [3.63, 3.8) is 0 Å². The molecule has 1 saturated heterocycles. The van der Waals surface area contributed by atoms with E-state index < -0.39 is 5.97 Å². The van der Waals surface area contributed by atoms with Gasteiger partial charge in [-0.1, -0.05) is 0 Å². The number of aliphatic hydroxyl groups is 1. The molecule has 0 amide bonds. The number of carbonyl (C=O) groups is 1. The second-order valence-corrected chi connectivity index (χ2v) is 3.81. The highest BCUT2D eigenvalue weighted by molar-refractivity contribution is 5.70. The highest BCUT2D eigenvalue weighted by Crippen LogP contribution is 2.15. The Labute approximate surface area is 89.6 Å². The Morgan fingerprint density at radius 3 is 2.93 bits per heavy atom. The van der Waals surface area contributed by atoms with Crippen LogP contribution in [0.15, 0.2) is 0 Å². The Hall–Kier alpha value is -0.650. The zero-order valence-corrected chi connectivity index (χ0v) is 8.89. The summed E-state index contributed by atoms with van der Waals surface area (Å²) in [5.41, 5.74) is 0. The van der Waals surface area contributed by atoms with E-state index in [1.54, 1.807) is 0 Å². The van der Waals surface area contributed by atoms with Crippen LogP contribution in [0.5, 0.6) is 0 Å². The molecule has 1 atom stereocenters. The lowest BCUT2D eigenvalue weighted by atomic mass is 9.98. The van der Waals surface area contributed by atoms with Crippen molar-refractivity contribution in [2.24, 2.45) is 5.92 Å². The molecule has 1 rings (SSSR count). The molecule has 5 heteroatoms. The van der Waals surface area contributed by atoms with Gasteiger partial charge in [-0.15, -0.1) is 0 Å². The van der Waals surface area contributed by atoms with Crippen LogP contribution in [-0.4, -0.2) is 60.5 Å². The van der Waals surface area contributed by atoms with Crippen LogP contribution in [0.25, 0.3) is 0 Å². The van der Waals surface area contributed by atoms with Crippen molar-refractivity contribution < 1.29 is 19.7 Å². The third-order valence-corrected chi connectivity index (χ3v) is 2.64. The average Bonchev–Trinajstić information content (AvgIpc) is 2.25. The summed E-state index contributed by atoms with van der Waals surface area (Å²) in [6.45, 7) is 3.29. The summed E-state index contributed by atoms with van der Waals surface area (Å²) in [5, 5.41) is 17.4. The van der Waals surface area contributed by atoms with Gasteiger partial charge in [0.2, 0.25) is 0 Å². The molecule has 1 fully saturated rings. The number of carboxylic acids is 1. The average molecular weight is 217 g/mol. The zero-order chi connectivity index (χ0) is 11.1. The van der Waals surface area contributed by atoms with E-state index in [1.165, 1.54) is 0 Å². The van der Waals surface area contributed by atoms with Gasteiger partial charge in [0, 0.05) is 13.1 Å². The van der Waals surface area contributed by atoms with Crippen LogP contribution in [0.1, 0.15) is 12.8 Å². The van der Waals surface area contributed by atoms with Crippen molar-refractivity contribution in [2.45, 2.75) is 12.8 Å². The normalized spacial score (nSPS) is 22.9. The van der Waals surface area contributed by atoms with Crippen LogP contribution < -0.4 is 0 Å². The summed E-state index contributed by atoms with van der Waals surface area (Å²) in [6, 6.07) is 0. The van der Waals surface area contributed by atoms with Gasteiger partial charge < -0.3 is 19.8 Å². The number of aliphatic carboxylic acids is 1. The second kappa shape index (κ2) is 6.76. The first-order valence-corrected chi connectivity index (χ1v) is 5.38. The molecular formula is C10H19NO4. The maximum Gasteiger partial charge on any atom is 0.307 e. The zero-order valence-electron chi connectivity index (χ0n) is 8.89. The molecule has 0 radical (unpaired) electrons. The van der Waals surface area contributed by atoms with Gasteiger partial charge in [-0.2, -0.15) is 0 Å². The monoisotopic (exact) mass is 217 g/mol. The summed E-state index contributed by atoms with van der Waals surface area (Å²) in [5.74, 6) is -0.924. The number of piperidine rings is 1. The third-order valence-electron chi connectivity index (χ3n) is 2.64. The summed E-state index contributed by atoms with van der Waals surface area (Å²) in [7, 11) is 0. The fraction of sp³-hybridized carbons (Fsp3) is 0.900. The Bertz CT molecular complexity index is 198. The number of likely N-dealkylation sites (tertiary alicyclic amines) is 1. The summed E-state index contributed by atoms with van der Waals surface area (Å²) < 4.78 is 5.14. The van der Waals surface area contributed by atoms with Gasteiger partial charge in [-0.25, -0.2) is 0 Å². The molecular weight excluding hydrogens is 198 g/mol. The molecule has 0 aromatic heterocycles. The Balaban J connectivity index is 2.15. The fourth-order valence-corrected chi connectivity index (χ4v) is 1.82. The van der Waals surface area contributed by atoms with E-state index in [4.69, 9.17) is 14.9 Å². The van der Waals surface area contributed by atoms with Crippen LogP contribution in [0.3, 0.4) is 0 Å². The van der Waals surface area contributed by atoms with Crippen molar-refractivity contribution >= 4 is 5.97 Å². The molecule has 0 aromatic carbocycles. The van der Waals surface area contributed by atoms with Gasteiger partial charge in [0.25, 0.3) is 0 Å². The highest BCUT2D eigenvalue weighted by atomic mass is 16.5. The van der Waals surface area contributed by atoms with E-state index >= 15 is 0 Å². The van der Waals surface area contributed by atoms with Gasteiger partial charge in [-0.3, -0.25) is 4.79 Å². The maximum atomic E-state index is 10.8. The molecule has 2 N–H and O–H groups in total. The summed E-state index contributed by atoms with van der Waals surface area (Å²) in [4.78, 5) is 12.9. The predicted molar refractivity (Wildman–Crippen MR) is 54.7 cm³/mol. The minimum Gasteiger partial charge on any atom is -0.481 e. The van der Waals surface area contributed by atoms with Gasteiger partial charge in [0.05, 0.1) is 25.7 Å². The summed E-state index contributed by atoms with van der Waals surface area (Å²) in [6.07, 6.45) is 1.72. The Kier molecular flexibility index (Phi) is 5.60. The van der Waals surface area contributed by atoms with Gasteiger partial charge in [0.15, 0.2) is 0 Å². The van der Waals surface area contributed by atoms with Crippen LogP contribution in [0.2, 0.25) is 0 Å². The number of rotatable bonds is 6. The van der Waals surface area contributed by atoms with Gasteiger partial charge >= 0.3 is 5.97 Å². The Morgan fingerprint density at radius 2 is 2.27 bits per heavy atom. The van der Waals surface area contributed by atoms with Gasteiger partial charge in [0.1, 0.15) is 0 Å². The van der Waals surface area contributed by atoms with E-state index in [0.717, 1.165) is 25.9 Å². The highest BCUT2D eigenvalue weighted by Gasteiger charge is 2.24. The first-order valence-electron chi connectivity index (χ1n) is 5.38. The number of aliphatic hydroxyl groups excluding tert-OH is 1. The molecule has 5 nitrogen and oxygen atoms in total. The molecule has 15 heavy (non-hydrogen) atoms. The standard InChI is InChI=1S/C10H19NO4/c12-5-7-15-6-4-11-3-1-2-9(8-11)10(13)14/h9,12H,1-8H2,(H,13,14). The van der Waals surface area contributed by atoms with Crippen molar-refractivity contribution in [3.8, 4) is 0 Å². The molecule has 1 unspecified atom stereocenters. The molecule has 0 spiro atoms. The molecule has 0 saturated carbocycles. The van der Waals surface area contributed by atoms with Crippen molar-refractivity contribution in [1.82, 2.24) is 4.90 Å². The van der Waals surface area contributed by atoms with Crippen LogP contribution in [0.4, 0.5) is 0 Å². The number of ether oxygens (including phenoxy) is 1. The van der Waals surface area contributed by atoms with E-state index in [-0.39, 0.29) is 12.5 Å². The number of hydrogen-bond donors (Lipinski definition) is 2. The topological polar surface area (TPSA) is 70.0 Å². The van der Waals surface area contributed by atoms with Crippen LogP contribution in [0, 0.1) is 5.92 Å². The quantitative estimate of drug-likeness (QED) is 0.603. The number of hydrogen-bond acceptors (Lipinski definition) is 4. The molecule has 1 aliphatic heterocycles. The van der Waals surface area contributed by atoms with Crippen molar-refractivity contribution in [1.29, 1.82) is 0 Å². The van der Waals surface area contributed by atoms with Crippen LogP contribution >= 0.6 is 0 Å². The molecule has 1 aliphatic rings. The minimum atomic E-state index is -0.698. The van der Waals surface area contributed by atoms with Gasteiger partial charge in [-0.05, 0) is 19.4 Å². The predicted octanol–water partition coefficient (Wildman–Crippen LogP) is -0.208. The maximum absolute atomic E-state index is 10.8. The minimum absolute atomic E-state index is 0.0394. The van der Waals surface area contributed by atoms with Crippen molar-refractivity contribution in [2.75, 3.05) is 39.5 Å².